The van der Waals surface area contributed by atoms with Crippen molar-refractivity contribution in [1.29, 1.82) is 0 Å². The van der Waals surface area contributed by atoms with Crippen LogP contribution in [0.2, 0.25) is 0 Å². The molecule has 0 saturated heterocycles. The molecule has 0 aliphatic carbocycles. The number of benzene rings is 2. The Morgan fingerprint density at radius 3 is 1.31 bits per heavy atom. The standard InChI is InChI=1S/C28H32N2O2/c1-23(25-11-5-3-6-12-25)29(21-27-15-9-19-31-27)17-18-30(22-28-16-10-20-32-28)24(2)26-13-7-4-8-14-26/h3-16,19-20,23-24H,17-18,21-22H2,1-2H3/t23-,24-/m0/s1. The first kappa shape index (κ1) is 22.1. The summed E-state index contributed by atoms with van der Waals surface area (Å²) >= 11 is 0. The molecule has 32 heavy (non-hydrogen) atoms. The van der Waals surface area contributed by atoms with E-state index in [-0.39, 0.29) is 12.1 Å². The summed E-state index contributed by atoms with van der Waals surface area (Å²) in [5.41, 5.74) is 2.63. The number of hydrogen-bond donors (Lipinski definition) is 0. The SMILES string of the molecule is C[C@@H](c1ccccc1)N(CCN(Cc1ccco1)[C@@H](C)c1ccccc1)Cc1ccco1. The third kappa shape index (κ3) is 5.78. The van der Waals surface area contributed by atoms with Crippen LogP contribution in [0, 0.1) is 0 Å². The van der Waals surface area contributed by atoms with Crippen LogP contribution in [0.25, 0.3) is 0 Å². The van der Waals surface area contributed by atoms with Gasteiger partial charge >= 0.3 is 0 Å². The minimum Gasteiger partial charge on any atom is -0.468 e. The van der Waals surface area contributed by atoms with Crippen LogP contribution in [0.1, 0.15) is 48.6 Å². The monoisotopic (exact) mass is 428 g/mol. The Hall–Kier alpha value is -3.08. The van der Waals surface area contributed by atoms with Gasteiger partial charge in [0, 0.05) is 25.2 Å². The molecule has 0 saturated carbocycles. The van der Waals surface area contributed by atoms with Gasteiger partial charge < -0.3 is 8.83 Å². The highest BCUT2D eigenvalue weighted by atomic mass is 16.3. The molecular formula is C28H32N2O2. The summed E-state index contributed by atoms with van der Waals surface area (Å²) in [6.45, 7) is 7.92. The number of furan rings is 2. The maximum absolute atomic E-state index is 5.69. The fraction of sp³-hybridized carbons (Fsp3) is 0.286. The maximum atomic E-state index is 5.69. The molecule has 2 atom stereocenters. The molecule has 0 amide bonds. The zero-order valence-electron chi connectivity index (χ0n) is 18.9. The van der Waals surface area contributed by atoms with Crippen LogP contribution in [-0.4, -0.2) is 22.9 Å². The summed E-state index contributed by atoms with van der Waals surface area (Å²) in [6.07, 6.45) is 3.50. The smallest absolute Gasteiger partial charge is 0.117 e. The summed E-state index contributed by atoms with van der Waals surface area (Å²) in [5.74, 6) is 1.97. The van der Waals surface area contributed by atoms with Crippen LogP contribution in [0.15, 0.2) is 106 Å². The minimum atomic E-state index is 0.277. The van der Waals surface area contributed by atoms with Gasteiger partial charge in [-0.25, -0.2) is 0 Å². The van der Waals surface area contributed by atoms with Gasteiger partial charge in [0.1, 0.15) is 11.5 Å². The second kappa shape index (κ2) is 11.0. The molecule has 4 nitrogen and oxygen atoms in total. The van der Waals surface area contributed by atoms with E-state index in [1.54, 1.807) is 12.5 Å². The van der Waals surface area contributed by atoms with Gasteiger partial charge in [0.15, 0.2) is 0 Å². The lowest BCUT2D eigenvalue weighted by atomic mass is 10.1. The Bertz CT molecular complexity index is 928. The highest BCUT2D eigenvalue weighted by Crippen LogP contribution is 2.25. The van der Waals surface area contributed by atoms with Gasteiger partial charge in [-0.2, -0.15) is 0 Å². The van der Waals surface area contributed by atoms with E-state index in [1.807, 2.05) is 12.1 Å². The van der Waals surface area contributed by atoms with Gasteiger partial charge in [-0.15, -0.1) is 0 Å². The van der Waals surface area contributed by atoms with E-state index >= 15 is 0 Å². The molecule has 2 heterocycles. The average Bonchev–Trinajstić information content (AvgIpc) is 3.55. The van der Waals surface area contributed by atoms with Crippen molar-refractivity contribution in [3.05, 3.63) is 120 Å². The van der Waals surface area contributed by atoms with Crippen molar-refractivity contribution in [3.63, 3.8) is 0 Å². The minimum absolute atomic E-state index is 0.277. The van der Waals surface area contributed by atoms with E-state index in [9.17, 15) is 0 Å². The third-order valence-electron chi connectivity index (χ3n) is 6.21. The first-order valence-electron chi connectivity index (χ1n) is 11.3. The van der Waals surface area contributed by atoms with Crippen molar-refractivity contribution in [2.24, 2.45) is 0 Å². The molecule has 0 N–H and O–H groups in total. The summed E-state index contributed by atoms with van der Waals surface area (Å²) in [5, 5.41) is 0. The Morgan fingerprint density at radius 2 is 0.969 bits per heavy atom. The lowest BCUT2D eigenvalue weighted by Crippen LogP contribution is -2.37. The molecule has 0 aliphatic rings. The maximum Gasteiger partial charge on any atom is 0.117 e. The number of nitrogens with zero attached hydrogens (tertiary/aromatic N) is 2. The Kier molecular flexibility index (Phi) is 7.59. The second-order valence-electron chi connectivity index (χ2n) is 8.27. The van der Waals surface area contributed by atoms with E-state index in [2.05, 4.69) is 96.4 Å². The van der Waals surface area contributed by atoms with Gasteiger partial charge in [-0.05, 0) is 49.2 Å². The first-order chi connectivity index (χ1) is 15.7. The number of hydrogen-bond acceptors (Lipinski definition) is 4. The molecule has 2 aromatic heterocycles. The van der Waals surface area contributed by atoms with E-state index in [1.165, 1.54) is 11.1 Å². The van der Waals surface area contributed by atoms with Gasteiger partial charge in [0.05, 0.1) is 25.6 Å². The normalized spacial score (nSPS) is 13.5. The van der Waals surface area contributed by atoms with Crippen LogP contribution >= 0.6 is 0 Å². The van der Waals surface area contributed by atoms with Gasteiger partial charge in [0.2, 0.25) is 0 Å². The van der Waals surface area contributed by atoms with Crippen molar-refractivity contribution in [2.45, 2.75) is 39.0 Å². The molecule has 0 bridgehead atoms. The summed E-state index contributed by atoms with van der Waals surface area (Å²) in [6, 6.07) is 30.0. The van der Waals surface area contributed by atoms with Crippen LogP contribution in [0.5, 0.6) is 0 Å². The van der Waals surface area contributed by atoms with Crippen molar-refractivity contribution in [2.75, 3.05) is 13.1 Å². The lowest BCUT2D eigenvalue weighted by Gasteiger charge is -2.34. The molecule has 166 valence electrons. The lowest BCUT2D eigenvalue weighted by molar-refractivity contribution is 0.122. The molecule has 0 unspecified atom stereocenters. The van der Waals surface area contributed by atoms with Gasteiger partial charge in [-0.1, -0.05) is 60.7 Å². The molecule has 0 spiro atoms. The van der Waals surface area contributed by atoms with Crippen molar-refractivity contribution >= 4 is 0 Å². The zero-order chi connectivity index (χ0) is 22.2. The zero-order valence-corrected chi connectivity index (χ0v) is 18.9. The van der Waals surface area contributed by atoms with E-state index < -0.39 is 0 Å². The van der Waals surface area contributed by atoms with E-state index in [0.717, 1.165) is 37.7 Å². The Balaban J connectivity index is 1.52. The third-order valence-corrected chi connectivity index (χ3v) is 6.21. The molecule has 2 aromatic carbocycles. The van der Waals surface area contributed by atoms with Gasteiger partial charge in [0.25, 0.3) is 0 Å². The average molecular weight is 429 g/mol. The molecule has 4 aromatic rings. The van der Waals surface area contributed by atoms with Crippen LogP contribution < -0.4 is 0 Å². The fourth-order valence-electron chi connectivity index (χ4n) is 4.17. The van der Waals surface area contributed by atoms with Crippen molar-refractivity contribution in [1.82, 2.24) is 9.80 Å². The second-order valence-corrected chi connectivity index (χ2v) is 8.27. The van der Waals surface area contributed by atoms with Crippen molar-refractivity contribution in [3.8, 4) is 0 Å². The Morgan fingerprint density at radius 1 is 0.562 bits per heavy atom. The van der Waals surface area contributed by atoms with E-state index in [0.29, 0.717) is 0 Å². The van der Waals surface area contributed by atoms with Crippen molar-refractivity contribution < 1.29 is 8.83 Å². The fourth-order valence-corrected chi connectivity index (χ4v) is 4.17. The summed E-state index contributed by atoms with van der Waals surface area (Å²) in [4.78, 5) is 4.97. The predicted octanol–water partition coefficient (Wildman–Crippen LogP) is 6.70. The van der Waals surface area contributed by atoms with Gasteiger partial charge in [-0.3, -0.25) is 9.80 Å². The van der Waals surface area contributed by atoms with E-state index in [4.69, 9.17) is 8.83 Å². The van der Waals surface area contributed by atoms with Crippen LogP contribution in [0.3, 0.4) is 0 Å². The highest BCUT2D eigenvalue weighted by Gasteiger charge is 2.22. The summed E-state index contributed by atoms with van der Waals surface area (Å²) < 4.78 is 11.4. The molecular weight excluding hydrogens is 396 g/mol. The molecule has 4 heteroatoms. The molecule has 4 rings (SSSR count). The largest absolute Gasteiger partial charge is 0.468 e. The molecule has 0 fully saturated rings. The highest BCUT2D eigenvalue weighted by molar-refractivity contribution is 5.20. The quantitative estimate of drug-likeness (QED) is 0.266. The first-order valence-corrected chi connectivity index (χ1v) is 11.3. The van der Waals surface area contributed by atoms with Crippen LogP contribution in [-0.2, 0) is 13.1 Å². The Labute approximate surface area is 191 Å². The van der Waals surface area contributed by atoms with Crippen LogP contribution in [0.4, 0.5) is 0 Å². The topological polar surface area (TPSA) is 32.8 Å². The summed E-state index contributed by atoms with van der Waals surface area (Å²) in [7, 11) is 0. The molecule has 0 radical (unpaired) electrons. The predicted molar refractivity (Wildman–Crippen MR) is 128 cm³/mol. The number of rotatable bonds is 11. The molecule has 0 aliphatic heterocycles.